The normalized spacial score (nSPS) is 23.4. The van der Waals surface area contributed by atoms with Crippen molar-refractivity contribution in [3.05, 3.63) is 41.7 Å². The van der Waals surface area contributed by atoms with E-state index in [0.717, 1.165) is 5.56 Å². The number of aliphatic hydroxyl groups is 2. The summed E-state index contributed by atoms with van der Waals surface area (Å²) < 4.78 is 11.8. The first-order chi connectivity index (χ1) is 13.5. The molecule has 1 amide bonds. The van der Waals surface area contributed by atoms with E-state index in [1.807, 2.05) is 18.2 Å². The van der Waals surface area contributed by atoms with Gasteiger partial charge in [-0.1, -0.05) is 17.3 Å². The number of hydrogen-bond donors (Lipinski definition) is 3. The molecule has 1 heterocycles. The van der Waals surface area contributed by atoms with Crippen LogP contribution in [0.4, 0.5) is 0 Å². The monoisotopic (exact) mass is 426 g/mol. The molecule has 1 aromatic carbocycles. The minimum Gasteiger partial charge on any atom is -0.497 e. The number of ether oxygens (including phenoxy) is 2. The van der Waals surface area contributed by atoms with E-state index in [-0.39, 0.29) is 30.7 Å². The Labute approximate surface area is 175 Å². The number of methoxy groups -OCH3 is 2. The van der Waals surface area contributed by atoms with Gasteiger partial charge < -0.3 is 25.0 Å². The summed E-state index contributed by atoms with van der Waals surface area (Å²) in [6.45, 7) is 0.760. The molecule has 0 aliphatic heterocycles. The van der Waals surface area contributed by atoms with Gasteiger partial charge in [0, 0.05) is 19.6 Å². The molecule has 9 nitrogen and oxygen atoms in total. The van der Waals surface area contributed by atoms with Gasteiger partial charge in [0.25, 0.3) is 0 Å². The maximum atomic E-state index is 12.4. The first-order valence-corrected chi connectivity index (χ1v) is 9.16. The van der Waals surface area contributed by atoms with Gasteiger partial charge in [0.1, 0.15) is 17.5 Å². The molecule has 1 saturated carbocycles. The lowest BCUT2D eigenvalue weighted by Gasteiger charge is -2.18. The van der Waals surface area contributed by atoms with Crippen molar-refractivity contribution >= 4 is 18.3 Å². The molecule has 1 fully saturated rings. The van der Waals surface area contributed by atoms with Crippen molar-refractivity contribution in [1.29, 1.82) is 0 Å². The van der Waals surface area contributed by atoms with Crippen LogP contribution in [-0.2, 0) is 29.1 Å². The van der Waals surface area contributed by atoms with Crippen molar-refractivity contribution in [3.63, 3.8) is 0 Å². The van der Waals surface area contributed by atoms with E-state index in [1.165, 1.54) is 0 Å². The molecule has 4 atom stereocenters. The molecule has 0 radical (unpaired) electrons. The standard InChI is InChI=1S/C19H26N4O5.ClH/c1-27-11-14-10-23(22-21-14)9-13-8-16(19(26)18(13)25)20-17(24)7-12-4-3-5-15(6-12)28-2;/h3-6,10,13,16,18-19,25-26H,7-9,11H2,1-2H3,(H,20,24);1H/t13-,16-,18-,19+;/m1./s1. The van der Waals surface area contributed by atoms with Gasteiger partial charge in [-0.05, 0) is 24.1 Å². The molecule has 2 aromatic rings. The van der Waals surface area contributed by atoms with Crippen molar-refractivity contribution < 1.29 is 24.5 Å². The van der Waals surface area contributed by atoms with Gasteiger partial charge in [0.05, 0.1) is 38.5 Å². The molecule has 1 aliphatic carbocycles. The summed E-state index contributed by atoms with van der Waals surface area (Å²) in [7, 11) is 3.15. The van der Waals surface area contributed by atoms with Crippen LogP contribution < -0.4 is 10.1 Å². The number of hydrogen-bond acceptors (Lipinski definition) is 7. The highest BCUT2D eigenvalue weighted by Crippen LogP contribution is 2.28. The smallest absolute Gasteiger partial charge is 0.224 e. The summed E-state index contributed by atoms with van der Waals surface area (Å²) in [6, 6.07) is 6.75. The Bertz CT molecular complexity index is 802. The highest BCUT2D eigenvalue weighted by Gasteiger charge is 2.42. The maximum Gasteiger partial charge on any atom is 0.224 e. The zero-order valence-corrected chi connectivity index (χ0v) is 17.2. The molecule has 160 valence electrons. The zero-order chi connectivity index (χ0) is 20.1. The van der Waals surface area contributed by atoms with Crippen LogP contribution in [-0.4, -0.2) is 63.6 Å². The second-order valence-corrected chi connectivity index (χ2v) is 7.04. The summed E-state index contributed by atoms with van der Waals surface area (Å²) >= 11 is 0. The average molecular weight is 427 g/mol. The third-order valence-corrected chi connectivity index (χ3v) is 4.95. The number of aliphatic hydroxyl groups excluding tert-OH is 2. The molecular formula is C19H27ClN4O5. The van der Waals surface area contributed by atoms with Crippen LogP contribution in [0.2, 0.25) is 0 Å². The Morgan fingerprint density at radius 2 is 2.10 bits per heavy atom. The molecule has 0 spiro atoms. The largest absolute Gasteiger partial charge is 0.497 e. The highest BCUT2D eigenvalue weighted by molar-refractivity contribution is 5.85. The van der Waals surface area contributed by atoms with E-state index < -0.39 is 18.2 Å². The summed E-state index contributed by atoms with van der Waals surface area (Å²) in [5.74, 6) is 0.227. The van der Waals surface area contributed by atoms with Crippen LogP contribution in [0.1, 0.15) is 17.7 Å². The fourth-order valence-corrected chi connectivity index (χ4v) is 3.56. The van der Waals surface area contributed by atoms with Crippen LogP contribution in [0.25, 0.3) is 0 Å². The molecule has 3 N–H and O–H groups in total. The minimum atomic E-state index is -1.03. The number of carbonyl (C=O) groups excluding carboxylic acids is 1. The third-order valence-electron chi connectivity index (χ3n) is 4.95. The molecule has 1 aliphatic rings. The van der Waals surface area contributed by atoms with Crippen LogP contribution in [0.3, 0.4) is 0 Å². The lowest BCUT2D eigenvalue weighted by atomic mass is 10.1. The molecular weight excluding hydrogens is 400 g/mol. The fourth-order valence-electron chi connectivity index (χ4n) is 3.56. The van der Waals surface area contributed by atoms with Gasteiger partial charge in [-0.25, -0.2) is 0 Å². The van der Waals surface area contributed by atoms with E-state index >= 15 is 0 Å². The second kappa shape index (κ2) is 10.5. The van der Waals surface area contributed by atoms with Gasteiger partial charge >= 0.3 is 0 Å². The van der Waals surface area contributed by atoms with Crippen molar-refractivity contribution in [2.24, 2.45) is 5.92 Å². The molecule has 29 heavy (non-hydrogen) atoms. The summed E-state index contributed by atoms with van der Waals surface area (Å²) in [4.78, 5) is 12.4. The Morgan fingerprint density at radius 1 is 1.31 bits per heavy atom. The minimum absolute atomic E-state index is 0. The number of carbonyl (C=O) groups is 1. The average Bonchev–Trinajstić information content (AvgIpc) is 3.22. The van der Waals surface area contributed by atoms with Crippen LogP contribution in [0.15, 0.2) is 30.5 Å². The number of amides is 1. The molecule has 1 aromatic heterocycles. The number of nitrogens with one attached hydrogen (secondary N) is 1. The first kappa shape index (κ1) is 23.1. The molecule has 0 unspecified atom stereocenters. The Balaban J connectivity index is 0.00000300. The van der Waals surface area contributed by atoms with E-state index in [1.54, 1.807) is 31.2 Å². The SMILES string of the molecule is COCc1cn(C[C@H]2C[C@@H](NC(=O)Cc3cccc(OC)c3)[C@H](O)[C@@H]2O)nn1.Cl. The number of nitrogens with zero attached hydrogens (tertiary/aromatic N) is 3. The van der Waals surface area contributed by atoms with Gasteiger partial charge in [0.15, 0.2) is 0 Å². The number of rotatable bonds is 8. The van der Waals surface area contributed by atoms with Gasteiger partial charge in [-0.2, -0.15) is 0 Å². The highest BCUT2D eigenvalue weighted by atomic mass is 35.5. The quantitative estimate of drug-likeness (QED) is 0.556. The Morgan fingerprint density at radius 3 is 2.83 bits per heavy atom. The summed E-state index contributed by atoms with van der Waals surface area (Å²) in [6.07, 6.45) is 0.395. The molecule has 0 bridgehead atoms. The van der Waals surface area contributed by atoms with Gasteiger partial charge in [-0.3, -0.25) is 9.48 Å². The van der Waals surface area contributed by atoms with Crippen molar-refractivity contribution in [3.8, 4) is 5.75 Å². The predicted molar refractivity (Wildman–Crippen MR) is 107 cm³/mol. The maximum absolute atomic E-state index is 12.4. The number of benzene rings is 1. The van der Waals surface area contributed by atoms with Crippen LogP contribution in [0, 0.1) is 5.92 Å². The summed E-state index contributed by atoms with van der Waals surface area (Å²) in [5.41, 5.74) is 1.51. The van der Waals surface area contributed by atoms with Gasteiger partial charge in [0.2, 0.25) is 5.91 Å². The van der Waals surface area contributed by atoms with E-state index in [4.69, 9.17) is 9.47 Å². The second-order valence-electron chi connectivity index (χ2n) is 7.04. The summed E-state index contributed by atoms with van der Waals surface area (Å²) in [5, 5.41) is 31.5. The zero-order valence-electron chi connectivity index (χ0n) is 16.4. The topological polar surface area (TPSA) is 119 Å². The first-order valence-electron chi connectivity index (χ1n) is 9.16. The Hall–Kier alpha value is -2.20. The fraction of sp³-hybridized carbons (Fsp3) is 0.526. The van der Waals surface area contributed by atoms with E-state index in [0.29, 0.717) is 31.0 Å². The molecule has 3 rings (SSSR count). The molecule has 10 heteroatoms. The van der Waals surface area contributed by atoms with Gasteiger partial charge in [-0.15, -0.1) is 17.5 Å². The van der Waals surface area contributed by atoms with Crippen LogP contribution >= 0.6 is 12.4 Å². The van der Waals surface area contributed by atoms with Crippen molar-refractivity contribution in [2.45, 2.75) is 44.2 Å². The lowest BCUT2D eigenvalue weighted by molar-refractivity contribution is -0.122. The predicted octanol–water partition coefficient (Wildman–Crippen LogP) is 0.324. The Kier molecular flexibility index (Phi) is 8.39. The van der Waals surface area contributed by atoms with E-state index in [2.05, 4.69) is 15.6 Å². The van der Waals surface area contributed by atoms with Crippen molar-refractivity contribution in [2.75, 3.05) is 14.2 Å². The number of halogens is 1. The van der Waals surface area contributed by atoms with Crippen molar-refractivity contribution in [1.82, 2.24) is 20.3 Å². The number of aromatic nitrogens is 3. The third kappa shape index (κ3) is 5.89. The van der Waals surface area contributed by atoms with E-state index in [9.17, 15) is 15.0 Å². The lowest BCUT2D eigenvalue weighted by Crippen LogP contribution is -2.43. The molecule has 0 saturated heterocycles. The van der Waals surface area contributed by atoms with Crippen LogP contribution in [0.5, 0.6) is 5.75 Å².